The summed E-state index contributed by atoms with van der Waals surface area (Å²) in [5.41, 5.74) is 2.68. The van der Waals surface area contributed by atoms with Gasteiger partial charge in [-0.05, 0) is 55.2 Å². The largest absolute Gasteiger partial charge is 0.465 e. The molecule has 5 rings (SSSR count). The smallest absolute Gasteiger partial charge is 0.407 e. The molecule has 9 nitrogen and oxygen atoms in total. The second-order valence-corrected chi connectivity index (χ2v) is 9.22. The molecule has 2 N–H and O–H groups in total. The van der Waals surface area contributed by atoms with Crippen LogP contribution in [0.15, 0.2) is 30.3 Å². The summed E-state index contributed by atoms with van der Waals surface area (Å²) < 4.78 is 0. The lowest BCUT2D eigenvalue weighted by Crippen LogP contribution is -2.69. The number of rotatable bonds is 3. The second kappa shape index (κ2) is 7.90. The summed E-state index contributed by atoms with van der Waals surface area (Å²) >= 11 is 12.2. The van der Waals surface area contributed by atoms with E-state index in [9.17, 15) is 14.7 Å². The molecule has 2 aromatic heterocycles. The van der Waals surface area contributed by atoms with Gasteiger partial charge < -0.3 is 14.9 Å². The standard InChI is InChI=1S/C21H20Cl2N6O3/c22-17-8-12(9-18(23)24-17)7-16-21(3-5-28(6-4-21)20(31)32)11-29(16)19(30)13-1-2-14-15(10-13)26-27-25-14/h1-2,8-10,16H,3-7,11H2,(H,31,32)(H,25,26,27). The number of carbonyl (C=O) groups is 2. The molecule has 3 aromatic rings. The van der Waals surface area contributed by atoms with Crippen molar-refractivity contribution in [1.29, 1.82) is 0 Å². The number of H-pyrrole nitrogens is 1. The van der Waals surface area contributed by atoms with Crippen LogP contribution < -0.4 is 0 Å². The van der Waals surface area contributed by atoms with Crippen molar-refractivity contribution in [2.45, 2.75) is 25.3 Å². The van der Waals surface area contributed by atoms with Gasteiger partial charge in [-0.15, -0.1) is 5.10 Å². The number of hydrogen-bond donors (Lipinski definition) is 2. The minimum absolute atomic E-state index is 0.0857. The molecule has 2 saturated heterocycles. The number of nitrogens with zero attached hydrogens (tertiary/aromatic N) is 5. The number of aromatic amines is 1. The van der Waals surface area contributed by atoms with Crippen LogP contribution in [0.4, 0.5) is 4.79 Å². The lowest BCUT2D eigenvalue weighted by atomic mass is 9.63. The number of halogens is 2. The van der Waals surface area contributed by atoms with Gasteiger partial charge in [0.2, 0.25) is 0 Å². The van der Waals surface area contributed by atoms with Crippen molar-refractivity contribution in [1.82, 2.24) is 30.2 Å². The third kappa shape index (κ3) is 3.65. The van der Waals surface area contributed by atoms with E-state index in [0.29, 0.717) is 60.3 Å². The number of carboxylic acid groups (broad SMARTS) is 1. The van der Waals surface area contributed by atoms with E-state index in [0.717, 1.165) is 11.1 Å². The number of hydrogen-bond acceptors (Lipinski definition) is 5. The normalized spacial score (nSPS) is 19.9. The first-order valence-corrected chi connectivity index (χ1v) is 11.0. The average Bonchev–Trinajstić information content (AvgIpc) is 3.23. The number of benzene rings is 1. The number of carbonyl (C=O) groups excluding carboxylic acids is 1. The summed E-state index contributed by atoms with van der Waals surface area (Å²) in [4.78, 5) is 32.1. The van der Waals surface area contributed by atoms with Gasteiger partial charge in [0, 0.05) is 36.7 Å². The Morgan fingerprint density at radius 1 is 1.16 bits per heavy atom. The van der Waals surface area contributed by atoms with E-state index >= 15 is 0 Å². The molecule has 4 heterocycles. The maximum absolute atomic E-state index is 13.4. The van der Waals surface area contributed by atoms with E-state index in [2.05, 4.69) is 20.4 Å². The Hall–Kier alpha value is -2.91. The van der Waals surface area contributed by atoms with Gasteiger partial charge in [-0.25, -0.2) is 9.78 Å². The summed E-state index contributed by atoms with van der Waals surface area (Å²) in [6.45, 7) is 1.49. The van der Waals surface area contributed by atoms with Gasteiger partial charge >= 0.3 is 6.09 Å². The first-order valence-electron chi connectivity index (χ1n) is 10.3. The molecule has 0 aliphatic carbocycles. The van der Waals surface area contributed by atoms with Crippen LogP contribution >= 0.6 is 23.2 Å². The van der Waals surface area contributed by atoms with Gasteiger partial charge in [-0.1, -0.05) is 28.4 Å². The number of fused-ring (bicyclic) bond motifs is 1. The Bertz CT molecular complexity index is 1190. The zero-order chi connectivity index (χ0) is 22.5. The van der Waals surface area contributed by atoms with Crippen LogP contribution in [0, 0.1) is 5.41 Å². The van der Waals surface area contributed by atoms with E-state index in [-0.39, 0.29) is 17.4 Å². The molecule has 0 radical (unpaired) electrons. The Kier molecular flexibility index (Phi) is 5.17. The SMILES string of the molecule is O=C(O)N1CCC2(CC1)CN(C(=O)c1ccc3[nH]nnc3c1)C2Cc1cc(Cl)nc(Cl)c1. The Balaban J connectivity index is 1.43. The zero-order valence-electron chi connectivity index (χ0n) is 17.0. The lowest BCUT2D eigenvalue weighted by molar-refractivity contribution is -0.0834. The minimum atomic E-state index is -0.905. The number of nitrogens with one attached hydrogen (secondary N) is 1. The number of likely N-dealkylation sites (tertiary alicyclic amines) is 2. The van der Waals surface area contributed by atoms with Crippen molar-refractivity contribution in [3.8, 4) is 0 Å². The van der Waals surface area contributed by atoms with Gasteiger partial charge in [-0.2, -0.15) is 0 Å². The van der Waals surface area contributed by atoms with E-state index < -0.39 is 6.09 Å². The zero-order valence-corrected chi connectivity index (χ0v) is 18.5. The molecule has 2 fully saturated rings. The number of pyridine rings is 1. The fraction of sp³-hybridized carbons (Fsp3) is 0.381. The van der Waals surface area contributed by atoms with E-state index in [1.165, 1.54) is 4.90 Å². The number of amides is 2. The second-order valence-electron chi connectivity index (χ2n) is 8.45. The Labute approximate surface area is 193 Å². The maximum atomic E-state index is 13.4. The summed E-state index contributed by atoms with van der Waals surface area (Å²) in [6, 6.07) is 8.71. The summed E-state index contributed by atoms with van der Waals surface area (Å²) in [5.74, 6) is -0.0857. The lowest BCUT2D eigenvalue weighted by Gasteiger charge is -2.60. The third-order valence-electron chi connectivity index (χ3n) is 6.68. The van der Waals surface area contributed by atoms with Crippen LogP contribution in [0.2, 0.25) is 10.3 Å². The predicted octanol–water partition coefficient (Wildman–Crippen LogP) is 3.49. The highest BCUT2D eigenvalue weighted by molar-refractivity contribution is 6.32. The summed E-state index contributed by atoms with van der Waals surface area (Å²) in [7, 11) is 0. The quantitative estimate of drug-likeness (QED) is 0.561. The molecule has 32 heavy (non-hydrogen) atoms. The van der Waals surface area contributed by atoms with E-state index in [1.54, 1.807) is 30.3 Å². The fourth-order valence-electron chi connectivity index (χ4n) is 4.94. The van der Waals surface area contributed by atoms with Crippen LogP contribution in [-0.4, -0.2) is 73.0 Å². The van der Waals surface area contributed by atoms with Crippen LogP contribution in [-0.2, 0) is 6.42 Å². The van der Waals surface area contributed by atoms with Crippen molar-refractivity contribution in [3.63, 3.8) is 0 Å². The monoisotopic (exact) mass is 474 g/mol. The fourth-order valence-corrected chi connectivity index (χ4v) is 5.45. The number of aromatic nitrogens is 4. The third-order valence-corrected chi connectivity index (χ3v) is 7.07. The van der Waals surface area contributed by atoms with Gasteiger partial charge in [0.1, 0.15) is 15.8 Å². The highest BCUT2D eigenvalue weighted by Gasteiger charge is 2.55. The van der Waals surface area contributed by atoms with Crippen molar-refractivity contribution < 1.29 is 14.7 Å². The van der Waals surface area contributed by atoms with Crippen molar-refractivity contribution in [2.75, 3.05) is 19.6 Å². The van der Waals surface area contributed by atoms with Crippen LogP contribution in [0.3, 0.4) is 0 Å². The summed E-state index contributed by atoms with van der Waals surface area (Å²) in [6.07, 6.45) is 1.05. The highest BCUT2D eigenvalue weighted by atomic mass is 35.5. The maximum Gasteiger partial charge on any atom is 0.407 e. The molecule has 1 atom stereocenters. The van der Waals surface area contributed by atoms with Gasteiger partial charge in [-0.3, -0.25) is 9.89 Å². The molecule has 1 spiro atoms. The van der Waals surface area contributed by atoms with Crippen molar-refractivity contribution in [2.24, 2.45) is 5.41 Å². The van der Waals surface area contributed by atoms with E-state index in [1.807, 2.05) is 4.90 Å². The molecule has 2 aliphatic heterocycles. The molecule has 2 amide bonds. The van der Waals surface area contributed by atoms with Crippen molar-refractivity contribution in [3.05, 3.63) is 51.8 Å². The minimum Gasteiger partial charge on any atom is -0.465 e. The first-order chi connectivity index (χ1) is 15.3. The molecular formula is C21H20Cl2N6O3. The number of piperidine rings is 1. The van der Waals surface area contributed by atoms with Crippen LogP contribution in [0.1, 0.15) is 28.8 Å². The Morgan fingerprint density at radius 3 is 2.56 bits per heavy atom. The summed E-state index contributed by atoms with van der Waals surface area (Å²) in [5, 5.41) is 20.5. The van der Waals surface area contributed by atoms with Gasteiger partial charge in [0.25, 0.3) is 5.91 Å². The molecule has 166 valence electrons. The first kappa shape index (κ1) is 21.0. The van der Waals surface area contributed by atoms with Crippen LogP contribution in [0.25, 0.3) is 11.0 Å². The van der Waals surface area contributed by atoms with Gasteiger partial charge in [0.15, 0.2) is 0 Å². The topological polar surface area (TPSA) is 115 Å². The van der Waals surface area contributed by atoms with Crippen molar-refractivity contribution >= 4 is 46.2 Å². The molecule has 1 aromatic carbocycles. The van der Waals surface area contributed by atoms with E-state index in [4.69, 9.17) is 23.2 Å². The molecule has 2 aliphatic rings. The average molecular weight is 475 g/mol. The predicted molar refractivity (Wildman–Crippen MR) is 118 cm³/mol. The Morgan fingerprint density at radius 2 is 1.88 bits per heavy atom. The molecule has 0 bridgehead atoms. The van der Waals surface area contributed by atoms with Crippen LogP contribution in [0.5, 0.6) is 0 Å². The van der Waals surface area contributed by atoms with Gasteiger partial charge in [0.05, 0.1) is 5.52 Å². The molecule has 1 unspecified atom stereocenters. The highest BCUT2D eigenvalue weighted by Crippen LogP contribution is 2.48. The molecular weight excluding hydrogens is 455 g/mol. The molecule has 11 heteroatoms. The molecule has 0 saturated carbocycles.